The molecule has 0 bridgehead atoms. The minimum atomic E-state index is -0.0690. The Labute approximate surface area is 158 Å². The molecule has 1 aromatic carbocycles. The molecule has 0 amide bonds. The molecule has 1 aromatic rings. The minimum Gasteiger partial charge on any atom is -0.356 e. The number of nitrogens with zero attached hydrogens (tertiary/aromatic N) is 2. The predicted octanol–water partition coefficient (Wildman–Crippen LogP) is 3.66. The molecule has 0 aromatic heterocycles. The fourth-order valence-electron chi connectivity index (χ4n) is 3.42. The third kappa shape index (κ3) is 5.89. The van der Waals surface area contributed by atoms with Crippen molar-refractivity contribution in [2.75, 3.05) is 33.2 Å². The average molecular weight is 365 g/mol. The number of hydrogen-bond acceptors (Lipinski definition) is 2. The van der Waals surface area contributed by atoms with Gasteiger partial charge < -0.3 is 15.5 Å². The first-order valence-electron chi connectivity index (χ1n) is 9.41. The summed E-state index contributed by atoms with van der Waals surface area (Å²) in [5.41, 5.74) is 1.09. The molecule has 0 radical (unpaired) electrons. The van der Waals surface area contributed by atoms with Gasteiger partial charge in [0.05, 0.1) is 0 Å². The summed E-state index contributed by atoms with van der Waals surface area (Å²) in [6.45, 7) is 11.0. The molecule has 0 unspecified atom stereocenters. The molecule has 2 N–H and O–H groups in total. The van der Waals surface area contributed by atoms with E-state index in [4.69, 9.17) is 11.6 Å². The highest BCUT2D eigenvalue weighted by molar-refractivity contribution is 6.31. The van der Waals surface area contributed by atoms with E-state index < -0.39 is 0 Å². The van der Waals surface area contributed by atoms with Gasteiger partial charge in [0, 0.05) is 43.2 Å². The smallest absolute Gasteiger partial charge is 0.191 e. The van der Waals surface area contributed by atoms with Gasteiger partial charge in [-0.15, -0.1) is 0 Å². The molecule has 1 aliphatic rings. The van der Waals surface area contributed by atoms with Crippen molar-refractivity contribution in [3.05, 3.63) is 34.9 Å². The zero-order valence-electron chi connectivity index (χ0n) is 16.1. The lowest BCUT2D eigenvalue weighted by Crippen LogP contribution is -2.50. The molecule has 4 nitrogen and oxygen atoms in total. The number of halogens is 1. The van der Waals surface area contributed by atoms with E-state index in [1.54, 1.807) is 0 Å². The molecule has 0 spiro atoms. The zero-order valence-corrected chi connectivity index (χ0v) is 16.9. The molecule has 1 fully saturated rings. The first-order valence-corrected chi connectivity index (χ1v) is 9.78. The zero-order chi connectivity index (χ0) is 18.3. The van der Waals surface area contributed by atoms with Gasteiger partial charge in [-0.3, -0.25) is 4.99 Å². The molecule has 25 heavy (non-hydrogen) atoms. The first kappa shape index (κ1) is 20.1. The number of likely N-dealkylation sites (tertiary alicyclic amines) is 1. The number of guanidine groups is 1. The quantitative estimate of drug-likeness (QED) is 0.597. The monoisotopic (exact) mass is 364 g/mol. The fourth-order valence-corrected chi connectivity index (χ4v) is 3.81. The number of hydrogen-bond donors (Lipinski definition) is 2. The highest BCUT2D eigenvalue weighted by Crippen LogP contribution is 2.28. The summed E-state index contributed by atoms with van der Waals surface area (Å²) in [4.78, 5) is 6.95. The summed E-state index contributed by atoms with van der Waals surface area (Å²) in [6.07, 6.45) is 3.58. The van der Waals surface area contributed by atoms with Crippen LogP contribution in [0, 0.1) is 0 Å². The summed E-state index contributed by atoms with van der Waals surface area (Å²) in [7, 11) is 1.84. The Morgan fingerprint density at radius 2 is 1.96 bits per heavy atom. The summed E-state index contributed by atoms with van der Waals surface area (Å²) in [6, 6.07) is 8.57. The van der Waals surface area contributed by atoms with Gasteiger partial charge in [-0.2, -0.15) is 0 Å². The van der Waals surface area contributed by atoms with Crippen LogP contribution < -0.4 is 10.6 Å². The van der Waals surface area contributed by atoms with Crippen molar-refractivity contribution in [1.29, 1.82) is 0 Å². The highest BCUT2D eigenvalue weighted by atomic mass is 35.5. The largest absolute Gasteiger partial charge is 0.356 e. The lowest BCUT2D eigenvalue weighted by molar-refractivity contribution is 0.206. The molecule has 1 aliphatic heterocycles. The maximum absolute atomic E-state index is 6.37. The van der Waals surface area contributed by atoms with E-state index in [0.29, 0.717) is 6.04 Å². The lowest BCUT2D eigenvalue weighted by atomic mass is 9.84. The van der Waals surface area contributed by atoms with Crippen molar-refractivity contribution in [2.24, 2.45) is 4.99 Å². The van der Waals surface area contributed by atoms with E-state index in [1.165, 1.54) is 38.9 Å². The summed E-state index contributed by atoms with van der Waals surface area (Å²) < 4.78 is 0. The first-order chi connectivity index (χ1) is 12.0. The molecular formula is C20H33ClN4. The Morgan fingerprint density at radius 3 is 2.56 bits per heavy atom. The van der Waals surface area contributed by atoms with Crippen LogP contribution in [0.15, 0.2) is 29.3 Å². The second-order valence-electron chi connectivity index (χ2n) is 7.55. The molecule has 2 rings (SSSR count). The minimum absolute atomic E-state index is 0.0690. The Hall–Kier alpha value is -1.26. The number of aliphatic imine (C=N–C) groups is 1. The van der Waals surface area contributed by atoms with Crippen LogP contribution >= 0.6 is 11.6 Å². The van der Waals surface area contributed by atoms with Crippen molar-refractivity contribution in [3.63, 3.8) is 0 Å². The van der Waals surface area contributed by atoms with Gasteiger partial charge in [0.1, 0.15) is 0 Å². The van der Waals surface area contributed by atoms with Crippen LogP contribution in [0.3, 0.4) is 0 Å². The van der Waals surface area contributed by atoms with Gasteiger partial charge >= 0.3 is 0 Å². The van der Waals surface area contributed by atoms with E-state index in [-0.39, 0.29) is 5.41 Å². The Balaban J connectivity index is 1.85. The second-order valence-corrected chi connectivity index (χ2v) is 7.96. The normalized spacial score (nSPS) is 17.6. The maximum atomic E-state index is 6.37. The fraction of sp³-hybridized carbons (Fsp3) is 0.650. The molecule has 0 aliphatic carbocycles. The van der Waals surface area contributed by atoms with E-state index in [0.717, 1.165) is 23.1 Å². The van der Waals surface area contributed by atoms with E-state index in [2.05, 4.69) is 47.4 Å². The van der Waals surface area contributed by atoms with Crippen molar-refractivity contribution in [3.8, 4) is 0 Å². The van der Waals surface area contributed by atoms with Crippen LogP contribution in [0.4, 0.5) is 0 Å². The summed E-state index contributed by atoms with van der Waals surface area (Å²) in [5.74, 6) is 0.883. The topological polar surface area (TPSA) is 39.7 Å². The van der Waals surface area contributed by atoms with Gasteiger partial charge in [0.15, 0.2) is 5.96 Å². The van der Waals surface area contributed by atoms with Crippen molar-refractivity contribution in [1.82, 2.24) is 15.5 Å². The van der Waals surface area contributed by atoms with Crippen molar-refractivity contribution in [2.45, 2.75) is 51.5 Å². The lowest BCUT2D eigenvalue weighted by Gasteiger charge is -2.33. The van der Waals surface area contributed by atoms with Crippen LogP contribution in [-0.2, 0) is 5.41 Å². The summed E-state index contributed by atoms with van der Waals surface area (Å²) >= 11 is 6.37. The van der Waals surface area contributed by atoms with Gasteiger partial charge in [0.25, 0.3) is 0 Å². The van der Waals surface area contributed by atoms with E-state index in [9.17, 15) is 0 Å². The van der Waals surface area contributed by atoms with Gasteiger partial charge in [-0.25, -0.2) is 0 Å². The number of benzene rings is 1. The molecule has 5 heteroatoms. The van der Waals surface area contributed by atoms with E-state index >= 15 is 0 Å². The predicted molar refractivity (Wildman–Crippen MR) is 109 cm³/mol. The Morgan fingerprint density at radius 1 is 1.28 bits per heavy atom. The van der Waals surface area contributed by atoms with Crippen LogP contribution in [0.2, 0.25) is 5.02 Å². The number of rotatable bonds is 6. The molecule has 0 atom stereocenters. The Kier molecular flexibility index (Phi) is 7.57. The standard InChI is InChI=1S/C20H33ClN4/c1-5-12-25-13-10-16(11-14-25)24-19(22-4)23-15-20(2,3)17-8-6-7-9-18(17)21/h6-9,16H,5,10-15H2,1-4H3,(H2,22,23,24). The van der Waals surface area contributed by atoms with Crippen LogP contribution in [-0.4, -0.2) is 50.1 Å². The van der Waals surface area contributed by atoms with Crippen molar-refractivity contribution < 1.29 is 0 Å². The number of nitrogens with one attached hydrogen (secondary N) is 2. The summed E-state index contributed by atoms with van der Waals surface area (Å²) in [5, 5.41) is 7.89. The highest BCUT2D eigenvalue weighted by Gasteiger charge is 2.24. The molecular weight excluding hydrogens is 332 g/mol. The van der Waals surface area contributed by atoms with Crippen LogP contribution in [0.1, 0.15) is 45.6 Å². The second kappa shape index (κ2) is 9.44. The molecule has 1 saturated heterocycles. The van der Waals surface area contributed by atoms with Crippen LogP contribution in [0.5, 0.6) is 0 Å². The van der Waals surface area contributed by atoms with Gasteiger partial charge in [-0.05, 0) is 37.4 Å². The van der Waals surface area contributed by atoms with Crippen molar-refractivity contribution >= 4 is 17.6 Å². The maximum Gasteiger partial charge on any atom is 0.191 e. The number of piperidine rings is 1. The van der Waals surface area contributed by atoms with Gasteiger partial charge in [-0.1, -0.05) is 50.6 Å². The molecule has 0 saturated carbocycles. The third-order valence-corrected chi connectivity index (χ3v) is 5.32. The van der Waals surface area contributed by atoms with Gasteiger partial charge in [0.2, 0.25) is 0 Å². The third-order valence-electron chi connectivity index (χ3n) is 4.99. The average Bonchev–Trinajstić information content (AvgIpc) is 2.60. The SMILES string of the molecule is CCCN1CCC(NC(=NC)NCC(C)(C)c2ccccc2Cl)CC1. The molecule has 140 valence electrons. The Bertz CT molecular complexity index is 563. The molecule has 1 heterocycles. The van der Waals surface area contributed by atoms with E-state index in [1.807, 2.05) is 25.2 Å². The van der Waals surface area contributed by atoms with Crippen LogP contribution in [0.25, 0.3) is 0 Å².